The Morgan fingerprint density at radius 1 is 1.40 bits per heavy atom. The molecule has 0 saturated carbocycles. The number of hydrogen-bond donors (Lipinski definition) is 1. The zero-order chi connectivity index (χ0) is 14.6. The summed E-state index contributed by atoms with van der Waals surface area (Å²) in [6.45, 7) is 1.17. The molecule has 1 aliphatic rings. The zero-order valence-corrected chi connectivity index (χ0v) is 11.6. The van der Waals surface area contributed by atoms with Gasteiger partial charge >= 0.3 is 0 Å². The van der Waals surface area contributed by atoms with Crippen LogP contribution in [-0.2, 0) is 15.8 Å². The Morgan fingerprint density at radius 3 is 2.90 bits per heavy atom. The van der Waals surface area contributed by atoms with Gasteiger partial charge in [-0.05, 0) is 17.7 Å². The maximum atomic E-state index is 12.4. The van der Waals surface area contributed by atoms with Crippen molar-refractivity contribution in [1.29, 1.82) is 10.5 Å². The maximum absolute atomic E-state index is 12.4. The highest BCUT2D eigenvalue weighted by molar-refractivity contribution is 7.88. The normalized spacial score (nSPS) is 20.0. The first kappa shape index (κ1) is 14.5. The standard InChI is InChI=1S/C13H14N4O2S/c14-7-11-2-1-3-12(6-11)10-20(18,19)17-5-4-16-9-13(17)8-15/h1-3,6,13,16H,4-5,9-10H2. The lowest BCUT2D eigenvalue weighted by Gasteiger charge is -2.30. The minimum atomic E-state index is -3.56. The summed E-state index contributed by atoms with van der Waals surface area (Å²) in [6.07, 6.45) is 0. The second-order valence-electron chi connectivity index (χ2n) is 4.53. The van der Waals surface area contributed by atoms with E-state index in [9.17, 15) is 8.42 Å². The molecule has 0 amide bonds. The van der Waals surface area contributed by atoms with Gasteiger partial charge in [0.2, 0.25) is 10.0 Å². The summed E-state index contributed by atoms with van der Waals surface area (Å²) in [4.78, 5) is 0. The second-order valence-corrected chi connectivity index (χ2v) is 6.45. The molecule has 0 aliphatic carbocycles. The quantitative estimate of drug-likeness (QED) is 0.856. The summed E-state index contributed by atoms with van der Waals surface area (Å²) in [7, 11) is -3.56. The van der Waals surface area contributed by atoms with Crippen molar-refractivity contribution in [3.8, 4) is 12.1 Å². The number of hydrogen-bond acceptors (Lipinski definition) is 5. The van der Waals surface area contributed by atoms with Gasteiger partial charge in [0.1, 0.15) is 6.04 Å². The van der Waals surface area contributed by atoms with Gasteiger partial charge in [-0.2, -0.15) is 14.8 Å². The molecule has 104 valence electrons. The Hall–Kier alpha value is -1.93. The number of nitriles is 2. The molecule has 7 heteroatoms. The third-order valence-electron chi connectivity index (χ3n) is 3.11. The smallest absolute Gasteiger partial charge is 0.219 e. The predicted molar refractivity (Wildman–Crippen MR) is 72.8 cm³/mol. The zero-order valence-electron chi connectivity index (χ0n) is 10.8. The van der Waals surface area contributed by atoms with Gasteiger partial charge in [-0.3, -0.25) is 0 Å². The van der Waals surface area contributed by atoms with Gasteiger partial charge in [0.05, 0.1) is 23.5 Å². The Kier molecular flexibility index (Phi) is 4.35. The number of nitrogens with zero attached hydrogens (tertiary/aromatic N) is 3. The molecule has 1 aromatic rings. The average molecular weight is 290 g/mol. The average Bonchev–Trinajstić information content (AvgIpc) is 2.47. The van der Waals surface area contributed by atoms with Crippen molar-refractivity contribution in [2.75, 3.05) is 19.6 Å². The highest BCUT2D eigenvalue weighted by Crippen LogP contribution is 2.16. The molecule has 1 atom stereocenters. The summed E-state index contributed by atoms with van der Waals surface area (Å²) in [5, 5.41) is 20.9. The van der Waals surface area contributed by atoms with Crippen molar-refractivity contribution < 1.29 is 8.42 Å². The molecule has 1 unspecified atom stereocenters. The first-order valence-electron chi connectivity index (χ1n) is 6.16. The maximum Gasteiger partial charge on any atom is 0.219 e. The molecule has 0 radical (unpaired) electrons. The van der Waals surface area contributed by atoms with Gasteiger partial charge in [0, 0.05) is 19.6 Å². The Balaban J connectivity index is 2.22. The van der Waals surface area contributed by atoms with Crippen LogP contribution >= 0.6 is 0 Å². The molecule has 1 aromatic carbocycles. The van der Waals surface area contributed by atoms with Crippen molar-refractivity contribution in [3.05, 3.63) is 35.4 Å². The third kappa shape index (κ3) is 3.14. The summed E-state index contributed by atoms with van der Waals surface area (Å²) in [5.74, 6) is -0.194. The van der Waals surface area contributed by atoms with Gasteiger partial charge in [0.25, 0.3) is 0 Å². The number of benzene rings is 1. The Labute approximate surface area is 118 Å². The molecule has 1 N–H and O–H groups in total. The largest absolute Gasteiger partial charge is 0.313 e. The minimum absolute atomic E-state index is 0.194. The molecule has 20 heavy (non-hydrogen) atoms. The third-order valence-corrected chi connectivity index (χ3v) is 4.96. The van der Waals surface area contributed by atoms with Crippen molar-refractivity contribution in [1.82, 2.24) is 9.62 Å². The van der Waals surface area contributed by atoms with Gasteiger partial charge < -0.3 is 5.32 Å². The van der Waals surface area contributed by atoms with Crippen LogP contribution in [-0.4, -0.2) is 38.4 Å². The minimum Gasteiger partial charge on any atom is -0.313 e. The molecular formula is C13H14N4O2S. The highest BCUT2D eigenvalue weighted by atomic mass is 32.2. The van der Waals surface area contributed by atoms with E-state index in [1.54, 1.807) is 24.3 Å². The van der Waals surface area contributed by atoms with Crippen LogP contribution in [0.15, 0.2) is 24.3 Å². The van der Waals surface area contributed by atoms with Crippen LogP contribution in [0.4, 0.5) is 0 Å². The van der Waals surface area contributed by atoms with Gasteiger partial charge in [0.15, 0.2) is 0 Å². The van der Waals surface area contributed by atoms with E-state index < -0.39 is 16.1 Å². The number of sulfonamides is 1. The van der Waals surface area contributed by atoms with Gasteiger partial charge in [-0.15, -0.1) is 0 Å². The monoisotopic (exact) mass is 290 g/mol. The van der Waals surface area contributed by atoms with Gasteiger partial charge in [-0.25, -0.2) is 8.42 Å². The van der Waals surface area contributed by atoms with Crippen molar-refractivity contribution in [3.63, 3.8) is 0 Å². The fourth-order valence-corrected chi connectivity index (χ4v) is 3.80. The van der Waals surface area contributed by atoms with Crippen molar-refractivity contribution >= 4 is 10.0 Å². The van der Waals surface area contributed by atoms with Crippen LogP contribution in [0.2, 0.25) is 0 Å². The first-order chi connectivity index (χ1) is 9.56. The van der Waals surface area contributed by atoms with Crippen LogP contribution in [0.25, 0.3) is 0 Å². The van der Waals surface area contributed by atoms with E-state index in [2.05, 4.69) is 5.32 Å². The van der Waals surface area contributed by atoms with Crippen molar-refractivity contribution in [2.45, 2.75) is 11.8 Å². The van der Waals surface area contributed by atoms with E-state index in [4.69, 9.17) is 10.5 Å². The first-order valence-corrected chi connectivity index (χ1v) is 7.76. The lowest BCUT2D eigenvalue weighted by Crippen LogP contribution is -2.53. The highest BCUT2D eigenvalue weighted by Gasteiger charge is 2.32. The number of piperazine rings is 1. The van der Waals surface area contributed by atoms with E-state index in [1.807, 2.05) is 12.1 Å². The fourth-order valence-electron chi connectivity index (χ4n) is 2.15. The molecule has 1 saturated heterocycles. The molecule has 6 nitrogen and oxygen atoms in total. The topological polar surface area (TPSA) is 97.0 Å². The summed E-state index contributed by atoms with van der Waals surface area (Å²) in [6, 6.07) is 9.81. The van der Waals surface area contributed by atoms with Crippen molar-refractivity contribution in [2.24, 2.45) is 0 Å². The fraction of sp³-hybridized carbons (Fsp3) is 0.385. The summed E-state index contributed by atoms with van der Waals surface area (Å²) in [5.41, 5.74) is 0.981. The Morgan fingerprint density at radius 2 is 2.20 bits per heavy atom. The molecular weight excluding hydrogens is 276 g/mol. The summed E-state index contributed by atoms with van der Waals surface area (Å²) < 4.78 is 26.0. The van der Waals surface area contributed by atoms with Crippen LogP contribution in [0.3, 0.4) is 0 Å². The lowest BCUT2D eigenvalue weighted by atomic mass is 10.2. The number of nitrogens with one attached hydrogen (secondary N) is 1. The Bertz CT molecular complexity index is 672. The van der Waals surface area contributed by atoms with Crippen LogP contribution in [0.1, 0.15) is 11.1 Å². The van der Waals surface area contributed by atoms with Crippen LogP contribution < -0.4 is 5.32 Å². The molecule has 1 heterocycles. The predicted octanol–water partition coefficient (Wildman–Crippen LogP) is 0.185. The number of rotatable bonds is 3. The second kappa shape index (κ2) is 6.02. The summed E-state index contributed by atoms with van der Waals surface area (Å²) >= 11 is 0. The van der Waals surface area contributed by atoms with E-state index in [-0.39, 0.29) is 5.75 Å². The van der Waals surface area contributed by atoms with E-state index in [1.165, 1.54) is 4.31 Å². The lowest BCUT2D eigenvalue weighted by molar-refractivity contribution is 0.311. The molecule has 1 aliphatic heterocycles. The molecule has 2 rings (SSSR count). The SMILES string of the molecule is N#Cc1cccc(CS(=O)(=O)N2CCNCC2C#N)c1. The van der Waals surface area contributed by atoms with Gasteiger partial charge in [-0.1, -0.05) is 12.1 Å². The van der Waals surface area contributed by atoms with E-state index >= 15 is 0 Å². The van der Waals surface area contributed by atoms with E-state index in [0.29, 0.717) is 30.8 Å². The molecule has 1 fully saturated rings. The van der Waals surface area contributed by atoms with E-state index in [0.717, 1.165) is 0 Å². The molecule has 0 aromatic heterocycles. The van der Waals surface area contributed by atoms with Crippen LogP contribution in [0, 0.1) is 22.7 Å². The molecule has 0 spiro atoms. The molecule has 0 bridgehead atoms. The van der Waals surface area contributed by atoms with Crippen LogP contribution in [0.5, 0.6) is 0 Å².